The van der Waals surface area contributed by atoms with Crippen molar-refractivity contribution >= 4 is 52.9 Å². The van der Waals surface area contributed by atoms with Crippen molar-refractivity contribution in [3.05, 3.63) is 28.2 Å². The first-order valence-corrected chi connectivity index (χ1v) is 13.9. The highest BCUT2D eigenvalue weighted by molar-refractivity contribution is 7.92. The summed E-state index contributed by atoms with van der Waals surface area (Å²) in [4.78, 5) is -0.158. The Balaban J connectivity index is 1.96. The molecule has 2 aliphatic rings. The summed E-state index contributed by atoms with van der Waals surface area (Å²) in [6.07, 6.45) is 0.366. The molecule has 0 amide bonds. The van der Waals surface area contributed by atoms with Crippen LogP contribution in [0.1, 0.15) is 12.8 Å². The van der Waals surface area contributed by atoms with Crippen LogP contribution in [0.3, 0.4) is 0 Å². The number of benzene rings is 1. The Bertz CT molecular complexity index is 1060. The Labute approximate surface area is 168 Å². The van der Waals surface area contributed by atoms with E-state index in [2.05, 4.69) is 5.43 Å². The number of hydrazine groups is 1. The second-order valence-electron chi connectivity index (χ2n) is 6.66. The van der Waals surface area contributed by atoms with Crippen LogP contribution < -0.4 is 5.43 Å². The summed E-state index contributed by atoms with van der Waals surface area (Å²) in [5, 5.41) is 0.223. The van der Waals surface area contributed by atoms with E-state index in [1.54, 1.807) is 0 Å². The van der Waals surface area contributed by atoms with E-state index in [1.807, 2.05) is 0 Å². The normalized spacial score (nSPS) is 27.2. The maximum absolute atomic E-state index is 13.2. The zero-order chi connectivity index (χ0) is 20.0. The van der Waals surface area contributed by atoms with Gasteiger partial charge in [0.1, 0.15) is 0 Å². The fourth-order valence-corrected chi connectivity index (χ4v) is 8.57. The van der Waals surface area contributed by atoms with Gasteiger partial charge in [-0.2, -0.15) is 0 Å². The van der Waals surface area contributed by atoms with Crippen molar-refractivity contribution in [2.24, 2.45) is 0 Å². The summed E-state index contributed by atoms with van der Waals surface area (Å²) >= 11 is 11.8. The standard InChI is InChI=1S/C14H18Cl2N2O6S3/c15-13-2-1-12(7-14(13)16)27(23,24)18(11-4-6-26(21,22)9-11)17-10-3-5-25(19,20)8-10/h1-2,7,10-11,17H,3-6,8-9H2/t10-,11-/m1/s1. The molecule has 13 heteroatoms. The summed E-state index contributed by atoms with van der Waals surface area (Å²) in [7, 11) is -10.8. The van der Waals surface area contributed by atoms with E-state index in [4.69, 9.17) is 23.2 Å². The topological polar surface area (TPSA) is 118 Å². The van der Waals surface area contributed by atoms with Gasteiger partial charge in [0.2, 0.25) is 0 Å². The molecule has 0 spiro atoms. The number of sulfone groups is 2. The Hall–Kier alpha value is -0.430. The average molecular weight is 477 g/mol. The van der Waals surface area contributed by atoms with Crippen molar-refractivity contribution in [1.29, 1.82) is 0 Å². The minimum Gasteiger partial charge on any atom is -0.237 e. The maximum Gasteiger partial charge on any atom is 0.256 e. The third kappa shape index (κ3) is 4.77. The Morgan fingerprint density at radius 3 is 2.11 bits per heavy atom. The summed E-state index contributed by atoms with van der Waals surface area (Å²) < 4.78 is 74.4. The molecule has 0 unspecified atom stereocenters. The van der Waals surface area contributed by atoms with Crippen molar-refractivity contribution in [3.8, 4) is 0 Å². The van der Waals surface area contributed by atoms with Crippen molar-refractivity contribution in [3.63, 3.8) is 0 Å². The average Bonchev–Trinajstić information content (AvgIpc) is 3.08. The summed E-state index contributed by atoms with van der Waals surface area (Å²) in [6.45, 7) is 0. The molecule has 2 atom stereocenters. The molecule has 0 aliphatic carbocycles. The largest absolute Gasteiger partial charge is 0.256 e. The lowest BCUT2D eigenvalue weighted by atomic mass is 10.2. The monoisotopic (exact) mass is 476 g/mol. The van der Waals surface area contributed by atoms with E-state index in [1.165, 1.54) is 18.2 Å². The van der Waals surface area contributed by atoms with Crippen molar-refractivity contribution in [1.82, 2.24) is 9.84 Å². The van der Waals surface area contributed by atoms with Crippen molar-refractivity contribution in [2.75, 3.05) is 23.0 Å². The SMILES string of the molecule is O=S1(=O)CC[C@@H](NN([C@@H]2CCS(=O)(=O)C2)S(=O)(=O)c2ccc(Cl)c(Cl)c2)C1. The van der Waals surface area contributed by atoms with Crippen LogP contribution in [0.5, 0.6) is 0 Å². The minimum atomic E-state index is -4.18. The van der Waals surface area contributed by atoms with Crippen LogP contribution in [0.25, 0.3) is 0 Å². The molecule has 0 radical (unpaired) electrons. The predicted octanol–water partition coefficient (Wildman–Crippen LogP) is 0.863. The van der Waals surface area contributed by atoms with E-state index >= 15 is 0 Å². The molecule has 8 nitrogen and oxygen atoms in total. The molecule has 1 aromatic rings. The van der Waals surface area contributed by atoms with Gasteiger partial charge < -0.3 is 0 Å². The zero-order valence-electron chi connectivity index (χ0n) is 14.0. The van der Waals surface area contributed by atoms with Gasteiger partial charge in [0.05, 0.1) is 44.0 Å². The molecule has 27 heavy (non-hydrogen) atoms. The smallest absolute Gasteiger partial charge is 0.237 e. The molecule has 0 saturated carbocycles. The Morgan fingerprint density at radius 2 is 1.59 bits per heavy atom. The second-order valence-corrected chi connectivity index (χ2v) is 13.7. The van der Waals surface area contributed by atoms with Crippen LogP contribution in [0.15, 0.2) is 23.1 Å². The number of halogens is 2. The van der Waals surface area contributed by atoms with Crippen LogP contribution in [-0.4, -0.2) is 64.8 Å². The number of nitrogens with one attached hydrogen (secondary N) is 1. The Kier molecular flexibility index (Phi) is 5.86. The molecule has 1 aromatic carbocycles. The molecule has 2 heterocycles. The Morgan fingerprint density at radius 1 is 0.963 bits per heavy atom. The number of nitrogens with zero attached hydrogens (tertiary/aromatic N) is 1. The van der Waals surface area contributed by atoms with Gasteiger partial charge >= 0.3 is 0 Å². The van der Waals surface area contributed by atoms with Gasteiger partial charge in [-0.15, -0.1) is 4.41 Å². The molecule has 2 aliphatic heterocycles. The lowest BCUT2D eigenvalue weighted by molar-refractivity contribution is 0.229. The minimum absolute atomic E-state index is 0.0418. The van der Waals surface area contributed by atoms with Gasteiger partial charge in [-0.05, 0) is 31.0 Å². The molecular weight excluding hydrogens is 459 g/mol. The lowest BCUT2D eigenvalue weighted by Gasteiger charge is -2.30. The van der Waals surface area contributed by atoms with Gasteiger partial charge in [0, 0.05) is 6.04 Å². The van der Waals surface area contributed by atoms with Gasteiger partial charge in [0.25, 0.3) is 10.0 Å². The first kappa shape index (κ1) is 21.3. The van der Waals surface area contributed by atoms with Crippen LogP contribution >= 0.6 is 23.2 Å². The molecule has 2 saturated heterocycles. The first-order valence-electron chi connectivity index (χ1n) is 8.06. The molecule has 1 N–H and O–H groups in total. The summed E-state index contributed by atoms with van der Waals surface area (Å²) in [6, 6.07) is 2.34. The first-order chi connectivity index (χ1) is 12.4. The van der Waals surface area contributed by atoms with E-state index < -0.39 is 41.8 Å². The maximum atomic E-state index is 13.2. The summed E-state index contributed by atoms with van der Waals surface area (Å²) in [5.41, 5.74) is 2.75. The summed E-state index contributed by atoms with van der Waals surface area (Å²) in [5.74, 6) is -0.718. The predicted molar refractivity (Wildman–Crippen MR) is 103 cm³/mol. The van der Waals surface area contributed by atoms with E-state index in [0.717, 1.165) is 4.41 Å². The lowest BCUT2D eigenvalue weighted by Crippen LogP contribution is -2.54. The zero-order valence-corrected chi connectivity index (χ0v) is 18.0. The van der Waals surface area contributed by atoms with Gasteiger partial charge in [-0.1, -0.05) is 23.2 Å². The van der Waals surface area contributed by atoms with Gasteiger partial charge in [-0.25, -0.2) is 30.7 Å². The molecule has 2 fully saturated rings. The molecular formula is C14H18Cl2N2O6S3. The fraction of sp³-hybridized carbons (Fsp3) is 0.571. The number of hydrogen-bond donors (Lipinski definition) is 1. The number of hydrogen-bond acceptors (Lipinski definition) is 7. The highest BCUT2D eigenvalue weighted by Gasteiger charge is 2.41. The molecule has 0 aromatic heterocycles. The highest BCUT2D eigenvalue weighted by atomic mass is 35.5. The van der Waals surface area contributed by atoms with Crippen LogP contribution in [0.4, 0.5) is 0 Å². The van der Waals surface area contributed by atoms with Gasteiger partial charge in [-0.3, -0.25) is 0 Å². The van der Waals surface area contributed by atoms with E-state index in [9.17, 15) is 25.3 Å². The van der Waals surface area contributed by atoms with Crippen molar-refractivity contribution < 1.29 is 25.3 Å². The molecule has 0 bridgehead atoms. The van der Waals surface area contributed by atoms with Crippen LogP contribution in [-0.2, 0) is 29.7 Å². The molecule has 3 rings (SSSR count). The van der Waals surface area contributed by atoms with E-state index in [0.29, 0.717) is 0 Å². The third-order valence-electron chi connectivity index (χ3n) is 4.53. The third-order valence-corrected chi connectivity index (χ3v) is 10.6. The fourth-order valence-electron chi connectivity index (χ4n) is 3.16. The molecule has 152 valence electrons. The van der Waals surface area contributed by atoms with Crippen LogP contribution in [0.2, 0.25) is 10.0 Å². The number of sulfonamides is 1. The van der Waals surface area contributed by atoms with E-state index in [-0.39, 0.29) is 50.8 Å². The quantitative estimate of drug-likeness (QED) is 0.625. The number of rotatable bonds is 5. The second kappa shape index (κ2) is 7.43. The van der Waals surface area contributed by atoms with Crippen molar-refractivity contribution in [2.45, 2.75) is 29.8 Å². The van der Waals surface area contributed by atoms with Crippen LogP contribution in [0, 0.1) is 0 Å². The highest BCUT2D eigenvalue weighted by Crippen LogP contribution is 2.29. The van der Waals surface area contributed by atoms with Gasteiger partial charge in [0.15, 0.2) is 19.7 Å².